The molecule has 0 unspecified atom stereocenters. The maximum absolute atomic E-state index is 5.97. The minimum atomic E-state index is -0.119. The van der Waals surface area contributed by atoms with Crippen LogP contribution < -0.4 is 5.32 Å². The molecule has 0 radical (unpaired) electrons. The third-order valence-electron chi connectivity index (χ3n) is 3.57. The fourth-order valence-corrected chi connectivity index (χ4v) is 2.64. The molecule has 0 saturated carbocycles. The number of hydrogen-bond donors (Lipinski definition) is 1. The summed E-state index contributed by atoms with van der Waals surface area (Å²) in [5, 5.41) is 8.34. The minimum absolute atomic E-state index is 0.119. The van der Waals surface area contributed by atoms with E-state index in [-0.39, 0.29) is 6.04 Å². The van der Waals surface area contributed by atoms with E-state index in [0.717, 1.165) is 25.0 Å². The Balaban J connectivity index is 1.84. The first-order valence-electron chi connectivity index (χ1n) is 7.12. The summed E-state index contributed by atoms with van der Waals surface area (Å²) in [6, 6.07) is 7.88. The van der Waals surface area contributed by atoms with Gasteiger partial charge in [0.15, 0.2) is 5.82 Å². The summed E-state index contributed by atoms with van der Waals surface area (Å²) in [5.41, 5.74) is 1.06. The summed E-state index contributed by atoms with van der Waals surface area (Å²) in [7, 11) is 0. The molecule has 6 heteroatoms. The van der Waals surface area contributed by atoms with Gasteiger partial charge in [0.1, 0.15) is 0 Å². The number of halogens is 1. The van der Waals surface area contributed by atoms with Crippen LogP contribution >= 0.6 is 11.6 Å². The molecular weight excluding hydrogens is 290 g/mol. The van der Waals surface area contributed by atoms with E-state index in [9.17, 15) is 0 Å². The van der Waals surface area contributed by atoms with E-state index in [1.54, 1.807) is 6.92 Å². The first-order chi connectivity index (χ1) is 10.2. The summed E-state index contributed by atoms with van der Waals surface area (Å²) < 4.78 is 10.7. The van der Waals surface area contributed by atoms with Crippen molar-refractivity contribution in [2.75, 3.05) is 13.2 Å². The van der Waals surface area contributed by atoms with Gasteiger partial charge < -0.3 is 9.26 Å². The van der Waals surface area contributed by atoms with Gasteiger partial charge in [-0.1, -0.05) is 28.9 Å². The van der Waals surface area contributed by atoms with Crippen LogP contribution in [0.5, 0.6) is 0 Å². The zero-order valence-electron chi connectivity index (χ0n) is 11.9. The van der Waals surface area contributed by atoms with E-state index < -0.39 is 0 Å². The lowest BCUT2D eigenvalue weighted by Gasteiger charge is -2.27. The van der Waals surface area contributed by atoms with E-state index >= 15 is 0 Å². The minimum Gasteiger partial charge on any atom is -0.380 e. The normalized spacial score (nSPS) is 20.4. The molecule has 2 aromatic rings. The van der Waals surface area contributed by atoms with Gasteiger partial charge in [-0.05, 0) is 30.5 Å². The maximum atomic E-state index is 5.97. The van der Waals surface area contributed by atoms with Crippen molar-refractivity contribution < 1.29 is 9.26 Å². The standard InChI is InChI=1S/C15H18ClN3O2/c1-10-17-15(19-21-10)14(11-4-6-12(16)7-5-11)18-13-3-2-8-20-9-13/h4-7,13-14,18H,2-3,8-9H2,1H3/t13-,14-/m1/s1. The quantitative estimate of drug-likeness (QED) is 0.941. The summed E-state index contributed by atoms with van der Waals surface area (Å²) in [6.45, 7) is 3.34. The second-order valence-electron chi connectivity index (χ2n) is 5.24. The van der Waals surface area contributed by atoms with Crippen molar-refractivity contribution in [3.8, 4) is 0 Å². The van der Waals surface area contributed by atoms with Gasteiger partial charge in [0.2, 0.25) is 5.89 Å². The molecule has 2 heterocycles. The van der Waals surface area contributed by atoms with E-state index in [2.05, 4.69) is 15.5 Å². The predicted octanol–water partition coefficient (Wildman–Crippen LogP) is 2.89. The van der Waals surface area contributed by atoms with E-state index in [1.165, 1.54) is 0 Å². The van der Waals surface area contributed by atoms with E-state index in [0.29, 0.717) is 29.4 Å². The molecule has 0 bridgehead atoms. The Morgan fingerprint density at radius 3 is 2.76 bits per heavy atom. The van der Waals surface area contributed by atoms with Crippen molar-refractivity contribution in [2.45, 2.75) is 31.8 Å². The molecule has 1 aliphatic heterocycles. The molecule has 0 aliphatic carbocycles. The molecule has 0 spiro atoms. The number of nitrogens with one attached hydrogen (secondary N) is 1. The fourth-order valence-electron chi connectivity index (χ4n) is 2.52. The van der Waals surface area contributed by atoms with Gasteiger partial charge in [-0.3, -0.25) is 5.32 Å². The first kappa shape index (κ1) is 14.5. The summed E-state index contributed by atoms with van der Waals surface area (Å²) in [6.07, 6.45) is 2.15. The van der Waals surface area contributed by atoms with Crippen LogP contribution in [0.25, 0.3) is 0 Å². The van der Waals surface area contributed by atoms with Crippen LogP contribution in [0.3, 0.4) is 0 Å². The van der Waals surface area contributed by atoms with Crippen LogP contribution in [-0.2, 0) is 4.74 Å². The number of nitrogens with zero attached hydrogens (tertiary/aromatic N) is 2. The molecule has 1 N–H and O–H groups in total. The Morgan fingerprint density at radius 2 is 2.14 bits per heavy atom. The Hall–Kier alpha value is -1.43. The largest absolute Gasteiger partial charge is 0.380 e. The molecule has 2 atom stereocenters. The lowest BCUT2D eigenvalue weighted by molar-refractivity contribution is 0.0675. The van der Waals surface area contributed by atoms with Crippen LogP contribution in [0.1, 0.15) is 36.2 Å². The molecule has 1 saturated heterocycles. The van der Waals surface area contributed by atoms with Crippen molar-refractivity contribution in [3.63, 3.8) is 0 Å². The monoisotopic (exact) mass is 307 g/mol. The summed E-state index contributed by atoms with van der Waals surface area (Å²) in [5.74, 6) is 1.20. The molecule has 1 aliphatic rings. The molecule has 5 nitrogen and oxygen atoms in total. The number of rotatable bonds is 4. The Bertz CT molecular complexity index is 579. The maximum Gasteiger partial charge on any atom is 0.223 e. The lowest BCUT2D eigenvalue weighted by atomic mass is 10.0. The average molecular weight is 308 g/mol. The van der Waals surface area contributed by atoms with Gasteiger partial charge in [-0.2, -0.15) is 4.98 Å². The van der Waals surface area contributed by atoms with Crippen molar-refractivity contribution in [1.82, 2.24) is 15.5 Å². The Labute approximate surface area is 128 Å². The van der Waals surface area contributed by atoms with Crippen LogP contribution in [0, 0.1) is 6.92 Å². The van der Waals surface area contributed by atoms with Gasteiger partial charge in [0.05, 0.1) is 12.6 Å². The number of aromatic nitrogens is 2. The Kier molecular flexibility index (Phi) is 4.53. The second kappa shape index (κ2) is 6.56. The molecule has 3 rings (SSSR count). The molecule has 0 amide bonds. The molecule has 1 aromatic heterocycles. The summed E-state index contributed by atoms with van der Waals surface area (Å²) in [4.78, 5) is 4.36. The summed E-state index contributed by atoms with van der Waals surface area (Å²) >= 11 is 5.97. The zero-order valence-corrected chi connectivity index (χ0v) is 12.6. The smallest absolute Gasteiger partial charge is 0.223 e. The molecule has 112 valence electrons. The SMILES string of the molecule is Cc1nc([C@H](N[C@@H]2CCCOC2)c2ccc(Cl)cc2)no1. The Morgan fingerprint density at radius 1 is 1.33 bits per heavy atom. The number of hydrogen-bond acceptors (Lipinski definition) is 5. The van der Waals surface area contributed by atoms with Crippen molar-refractivity contribution >= 4 is 11.6 Å². The third-order valence-corrected chi connectivity index (χ3v) is 3.82. The van der Waals surface area contributed by atoms with E-state index in [1.807, 2.05) is 24.3 Å². The third kappa shape index (κ3) is 3.61. The highest BCUT2D eigenvalue weighted by atomic mass is 35.5. The van der Waals surface area contributed by atoms with Gasteiger partial charge >= 0.3 is 0 Å². The lowest BCUT2D eigenvalue weighted by Crippen LogP contribution is -2.39. The van der Waals surface area contributed by atoms with Crippen LogP contribution in [0.15, 0.2) is 28.8 Å². The van der Waals surface area contributed by atoms with Crippen LogP contribution in [0.4, 0.5) is 0 Å². The van der Waals surface area contributed by atoms with Crippen LogP contribution in [-0.4, -0.2) is 29.4 Å². The highest BCUT2D eigenvalue weighted by Crippen LogP contribution is 2.23. The zero-order chi connectivity index (χ0) is 14.7. The molecular formula is C15H18ClN3O2. The van der Waals surface area contributed by atoms with Gasteiger partial charge in [-0.25, -0.2) is 0 Å². The fraction of sp³-hybridized carbons (Fsp3) is 0.467. The molecule has 1 aromatic carbocycles. The highest BCUT2D eigenvalue weighted by molar-refractivity contribution is 6.30. The van der Waals surface area contributed by atoms with Crippen molar-refractivity contribution in [2.24, 2.45) is 0 Å². The predicted molar refractivity (Wildman–Crippen MR) is 79.3 cm³/mol. The number of ether oxygens (including phenoxy) is 1. The second-order valence-corrected chi connectivity index (χ2v) is 5.67. The topological polar surface area (TPSA) is 60.2 Å². The van der Waals surface area contributed by atoms with Gasteiger partial charge in [-0.15, -0.1) is 0 Å². The number of aryl methyl sites for hydroxylation is 1. The molecule has 1 fully saturated rings. The van der Waals surface area contributed by atoms with E-state index in [4.69, 9.17) is 20.9 Å². The van der Waals surface area contributed by atoms with Gasteiger partial charge in [0.25, 0.3) is 0 Å². The van der Waals surface area contributed by atoms with Gasteiger partial charge in [0, 0.05) is 24.6 Å². The van der Waals surface area contributed by atoms with Crippen LogP contribution in [0.2, 0.25) is 5.02 Å². The highest BCUT2D eigenvalue weighted by Gasteiger charge is 2.24. The van der Waals surface area contributed by atoms with Crippen molar-refractivity contribution in [1.29, 1.82) is 0 Å². The number of benzene rings is 1. The molecule has 21 heavy (non-hydrogen) atoms. The first-order valence-corrected chi connectivity index (χ1v) is 7.49. The average Bonchev–Trinajstić information content (AvgIpc) is 2.93. The van der Waals surface area contributed by atoms with Crippen molar-refractivity contribution in [3.05, 3.63) is 46.6 Å².